The first-order valence-electron chi connectivity index (χ1n) is 7.20. The zero-order valence-electron chi connectivity index (χ0n) is 12.7. The molecule has 0 bridgehead atoms. The van der Waals surface area contributed by atoms with E-state index in [1.807, 2.05) is 39.0 Å². The summed E-state index contributed by atoms with van der Waals surface area (Å²) in [5.74, 6) is 0.931. The Kier molecular flexibility index (Phi) is 5.08. The van der Waals surface area contributed by atoms with E-state index in [-0.39, 0.29) is 12.1 Å². The Bertz CT molecular complexity index is 502. The standard InChI is InChI=1S/C15H22BrN3O2/c1-15(2,3)21-14(20)17-11-6-5-9-19(10-11)13-8-4-7-12(16)18-13/h4,7-8,11H,5-6,9-10H2,1-3H3,(H,17,20)/t11-/m0/s1. The van der Waals surface area contributed by atoms with Crippen molar-refractivity contribution >= 4 is 27.8 Å². The van der Waals surface area contributed by atoms with Crippen LogP contribution in [0.3, 0.4) is 0 Å². The van der Waals surface area contributed by atoms with E-state index >= 15 is 0 Å². The first-order valence-corrected chi connectivity index (χ1v) is 8.00. The number of amides is 1. The summed E-state index contributed by atoms with van der Waals surface area (Å²) in [5.41, 5.74) is -0.468. The molecular weight excluding hydrogens is 334 g/mol. The minimum Gasteiger partial charge on any atom is -0.444 e. The van der Waals surface area contributed by atoms with E-state index in [0.717, 1.165) is 36.4 Å². The number of piperidine rings is 1. The van der Waals surface area contributed by atoms with Crippen LogP contribution in [-0.4, -0.2) is 35.8 Å². The van der Waals surface area contributed by atoms with Crippen LogP contribution in [0.25, 0.3) is 0 Å². The van der Waals surface area contributed by atoms with E-state index in [1.54, 1.807) is 0 Å². The van der Waals surface area contributed by atoms with Crippen LogP contribution in [0.5, 0.6) is 0 Å². The minimum atomic E-state index is -0.468. The fraction of sp³-hybridized carbons (Fsp3) is 0.600. The molecule has 1 fully saturated rings. The van der Waals surface area contributed by atoms with Gasteiger partial charge in [-0.25, -0.2) is 9.78 Å². The maximum atomic E-state index is 11.8. The van der Waals surface area contributed by atoms with Crippen LogP contribution >= 0.6 is 15.9 Å². The van der Waals surface area contributed by atoms with E-state index in [4.69, 9.17) is 4.74 Å². The molecule has 6 heteroatoms. The molecule has 0 unspecified atom stereocenters. The maximum absolute atomic E-state index is 11.8. The summed E-state index contributed by atoms with van der Waals surface area (Å²) in [6.07, 6.45) is 1.63. The normalized spacial score (nSPS) is 19.2. The monoisotopic (exact) mass is 355 g/mol. The van der Waals surface area contributed by atoms with Gasteiger partial charge in [0.2, 0.25) is 0 Å². The van der Waals surface area contributed by atoms with Crippen molar-refractivity contribution in [2.75, 3.05) is 18.0 Å². The highest BCUT2D eigenvalue weighted by Crippen LogP contribution is 2.20. The van der Waals surface area contributed by atoms with Crippen molar-refractivity contribution < 1.29 is 9.53 Å². The van der Waals surface area contributed by atoms with Crippen molar-refractivity contribution in [1.29, 1.82) is 0 Å². The lowest BCUT2D eigenvalue weighted by Gasteiger charge is -2.34. The van der Waals surface area contributed by atoms with Gasteiger partial charge in [-0.1, -0.05) is 6.07 Å². The number of ether oxygens (including phenoxy) is 1. The number of rotatable bonds is 2. The molecule has 0 aliphatic carbocycles. The predicted molar refractivity (Wildman–Crippen MR) is 86.5 cm³/mol. The average Bonchev–Trinajstić information content (AvgIpc) is 2.36. The SMILES string of the molecule is CC(C)(C)OC(=O)N[C@H]1CCCN(c2cccc(Br)n2)C1. The number of hydrogen-bond acceptors (Lipinski definition) is 4. The zero-order valence-corrected chi connectivity index (χ0v) is 14.3. The molecule has 116 valence electrons. The van der Waals surface area contributed by atoms with Crippen LogP contribution in [0.4, 0.5) is 10.6 Å². The van der Waals surface area contributed by atoms with Crippen LogP contribution in [0.2, 0.25) is 0 Å². The fourth-order valence-electron chi connectivity index (χ4n) is 2.35. The van der Waals surface area contributed by atoms with Gasteiger partial charge in [0.05, 0.1) is 0 Å². The topological polar surface area (TPSA) is 54.5 Å². The minimum absolute atomic E-state index is 0.0920. The molecule has 2 rings (SSSR count). The first kappa shape index (κ1) is 16.1. The molecule has 0 aromatic carbocycles. The quantitative estimate of drug-likeness (QED) is 0.826. The van der Waals surface area contributed by atoms with E-state index < -0.39 is 5.60 Å². The van der Waals surface area contributed by atoms with Gasteiger partial charge in [-0.05, 0) is 61.7 Å². The molecule has 1 aliphatic heterocycles. The summed E-state index contributed by atoms with van der Waals surface area (Å²) in [6.45, 7) is 7.31. The summed E-state index contributed by atoms with van der Waals surface area (Å²) in [4.78, 5) is 18.5. The molecule has 1 aliphatic rings. The van der Waals surface area contributed by atoms with Crippen molar-refractivity contribution in [3.63, 3.8) is 0 Å². The molecular formula is C15H22BrN3O2. The molecule has 0 saturated carbocycles. The van der Waals surface area contributed by atoms with Crippen molar-refractivity contribution in [3.05, 3.63) is 22.8 Å². The highest BCUT2D eigenvalue weighted by molar-refractivity contribution is 9.10. The summed E-state index contributed by atoms with van der Waals surface area (Å²) in [7, 11) is 0. The Morgan fingerprint density at radius 2 is 2.24 bits per heavy atom. The second-order valence-corrected chi connectivity index (χ2v) is 7.06. The average molecular weight is 356 g/mol. The van der Waals surface area contributed by atoms with E-state index in [9.17, 15) is 4.79 Å². The van der Waals surface area contributed by atoms with E-state index in [0.29, 0.717) is 0 Å². The molecule has 21 heavy (non-hydrogen) atoms. The number of aromatic nitrogens is 1. The summed E-state index contributed by atoms with van der Waals surface area (Å²) in [5, 5.41) is 2.95. The van der Waals surface area contributed by atoms with Crippen molar-refractivity contribution in [2.24, 2.45) is 0 Å². The van der Waals surface area contributed by atoms with Gasteiger partial charge in [0.25, 0.3) is 0 Å². The summed E-state index contributed by atoms with van der Waals surface area (Å²) in [6, 6.07) is 5.95. The van der Waals surface area contributed by atoms with Gasteiger partial charge in [-0.15, -0.1) is 0 Å². The number of hydrogen-bond donors (Lipinski definition) is 1. The van der Waals surface area contributed by atoms with Gasteiger partial charge >= 0.3 is 6.09 Å². The third-order valence-electron chi connectivity index (χ3n) is 3.17. The second kappa shape index (κ2) is 6.64. The van der Waals surface area contributed by atoms with Gasteiger partial charge in [-0.2, -0.15) is 0 Å². The van der Waals surface area contributed by atoms with Crippen LogP contribution in [0.15, 0.2) is 22.8 Å². The van der Waals surface area contributed by atoms with Crippen LogP contribution < -0.4 is 10.2 Å². The molecule has 5 nitrogen and oxygen atoms in total. The Hall–Kier alpha value is -1.30. The lowest BCUT2D eigenvalue weighted by molar-refractivity contribution is 0.0500. The first-order chi connectivity index (χ1) is 9.83. The smallest absolute Gasteiger partial charge is 0.407 e. The van der Waals surface area contributed by atoms with Gasteiger partial charge in [0, 0.05) is 19.1 Å². The molecule has 1 aromatic heterocycles. The lowest BCUT2D eigenvalue weighted by Crippen LogP contribution is -2.49. The number of carbonyl (C=O) groups is 1. The highest BCUT2D eigenvalue weighted by Gasteiger charge is 2.24. The molecule has 1 atom stereocenters. The van der Waals surface area contributed by atoms with Gasteiger partial charge in [0.15, 0.2) is 0 Å². The highest BCUT2D eigenvalue weighted by atomic mass is 79.9. The summed E-state index contributed by atoms with van der Waals surface area (Å²) < 4.78 is 6.13. The van der Waals surface area contributed by atoms with Crippen molar-refractivity contribution in [3.8, 4) is 0 Å². The number of alkyl carbamates (subject to hydrolysis) is 1. The molecule has 1 amide bonds. The number of anilines is 1. The van der Waals surface area contributed by atoms with E-state index in [2.05, 4.69) is 31.1 Å². The lowest BCUT2D eigenvalue weighted by atomic mass is 10.1. The molecule has 0 spiro atoms. The van der Waals surface area contributed by atoms with Crippen LogP contribution in [-0.2, 0) is 4.74 Å². The predicted octanol–water partition coefficient (Wildman–Crippen LogP) is 3.34. The van der Waals surface area contributed by atoms with Crippen LogP contribution in [0, 0.1) is 0 Å². The largest absolute Gasteiger partial charge is 0.444 e. The number of pyridine rings is 1. The summed E-state index contributed by atoms with van der Waals surface area (Å²) >= 11 is 3.39. The number of nitrogens with one attached hydrogen (secondary N) is 1. The number of nitrogens with zero attached hydrogens (tertiary/aromatic N) is 2. The van der Waals surface area contributed by atoms with Crippen molar-refractivity contribution in [2.45, 2.75) is 45.3 Å². The fourth-order valence-corrected chi connectivity index (χ4v) is 2.69. The second-order valence-electron chi connectivity index (χ2n) is 6.25. The van der Waals surface area contributed by atoms with Crippen molar-refractivity contribution in [1.82, 2.24) is 10.3 Å². The Morgan fingerprint density at radius 3 is 2.90 bits per heavy atom. The molecule has 1 aromatic rings. The van der Waals surface area contributed by atoms with Gasteiger partial charge in [0.1, 0.15) is 16.0 Å². The Morgan fingerprint density at radius 1 is 1.48 bits per heavy atom. The molecule has 1 saturated heterocycles. The Labute approximate surface area is 134 Å². The third-order valence-corrected chi connectivity index (χ3v) is 3.61. The number of carbonyl (C=O) groups excluding carboxylic acids is 1. The van der Waals surface area contributed by atoms with Crippen LogP contribution in [0.1, 0.15) is 33.6 Å². The molecule has 1 N–H and O–H groups in total. The van der Waals surface area contributed by atoms with Gasteiger partial charge < -0.3 is 15.0 Å². The molecule has 0 radical (unpaired) electrons. The number of halogens is 1. The molecule has 2 heterocycles. The maximum Gasteiger partial charge on any atom is 0.407 e. The third kappa shape index (κ3) is 5.19. The Balaban J connectivity index is 1.93. The van der Waals surface area contributed by atoms with E-state index in [1.165, 1.54) is 0 Å². The zero-order chi connectivity index (χ0) is 15.5. The van der Waals surface area contributed by atoms with Gasteiger partial charge in [-0.3, -0.25) is 0 Å².